The van der Waals surface area contributed by atoms with Gasteiger partial charge >= 0.3 is 0 Å². The van der Waals surface area contributed by atoms with E-state index in [2.05, 4.69) is 11.4 Å². The van der Waals surface area contributed by atoms with Gasteiger partial charge in [0, 0.05) is 43.4 Å². The minimum Gasteiger partial charge on any atom is -0.355 e. The van der Waals surface area contributed by atoms with Crippen LogP contribution >= 0.6 is 0 Å². The molecule has 40 heavy (non-hydrogen) atoms. The van der Waals surface area contributed by atoms with Crippen LogP contribution in [0, 0.1) is 6.92 Å². The number of hydrogen-bond donors (Lipinski definition) is 1. The number of amides is 3. The quantitative estimate of drug-likeness (QED) is 0.270. The maximum Gasteiger partial charge on any atom is 0.258 e. The van der Waals surface area contributed by atoms with E-state index >= 15 is 0 Å². The van der Waals surface area contributed by atoms with Crippen LogP contribution < -0.4 is 10.2 Å². The first-order valence-corrected chi connectivity index (χ1v) is 14.0. The van der Waals surface area contributed by atoms with Gasteiger partial charge in [-0.2, -0.15) is 0 Å². The van der Waals surface area contributed by atoms with Crippen molar-refractivity contribution in [1.29, 1.82) is 0 Å². The summed E-state index contributed by atoms with van der Waals surface area (Å²) >= 11 is 0. The number of hydrogen-bond acceptors (Lipinski definition) is 3. The van der Waals surface area contributed by atoms with Gasteiger partial charge in [0.05, 0.1) is 5.69 Å². The van der Waals surface area contributed by atoms with Gasteiger partial charge in [0.1, 0.15) is 6.04 Å². The highest BCUT2D eigenvalue weighted by atomic mass is 16.2. The first-order valence-electron chi connectivity index (χ1n) is 14.0. The second-order valence-corrected chi connectivity index (χ2v) is 10.4. The molecular weight excluding hydrogens is 498 g/mol. The minimum absolute atomic E-state index is 0.0276. The molecule has 4 aromatic rings. The Morgan fingerprint density at radius 2 is 1.62 bits per heavy atom. The Morgan fingerprint density at radius 3 is 2.38 bits per heavy atom. The molecule has 0 saturated heterocycles. The number of rotatable bonds is 11. The van der Waals surface area contributed by atoms with E-state index in [-0.39, 0.29) is 24.1 Å². The summed E-state index contributed by atoms with van der Waals surface area (Å²) in [5.74, 6) is -0.291. The van der Waals surface area contributed by atoms with E-state index in [1.54, 1.807) is 9.80 Å². The van der Waals surface area contributed by atoms with E-state index in [9.17, 15) is 14.4 Å². The fourth-order valence-electron chi connectivity index (χ4n) is 5.59. The second-order valence-electron chi connectivity index (χ2n) is 10.4. The summed E-state index contributed by atoms with van der Waals surface area (Å²) in [5, 5.41) is 4.95. The standard InChI is InChI=1S/C34H35N3O3/c1-3-35-33(39)30(22-25-12-5-4-6-13-25)37(23-26-14-7-11-24(2)21-26)31(38)19-10-20-36-29-18-9-16-27-15-8-17-28(32(27)29)34(36)40/h4-9,11-18,21,30H,3,10,19-20,22-23H2,1-2H3,(H,35,39). The van der Waals surface area contributed by atoms with Gasteiger partial charge in [-0.1, -0.05) is 84.4 Å². The number of nitrogens with zero attached hydrogens (tertiary/aromatic N) is 2. The molecule has 1 aliphatic rings. The van der Waals surface area contributed by atoms with Crippen molar-refractivity contribution in [2.24, 2.45) is 0 Å². The molecule has 1 N–H and O–H groups in total. The molecule has 1 atom stereocenters. The lowest BCUT2D eigenvalue weighted by molar-refractivity contribution is -0.141. The van der Waals surface area contributed by atoms with Gasteiger partial charge in [-0.3, -0.25) is 14.4 Å². The van der Waals surface area contributed by atoms with Gasteiger partial charge < -0.3 is 15.1 Å². The molecule has 204 valence electrons. The van der Waals surface area contributed by atoms with Gasteiger partial charge in [0.25, 0.3) is 5.91 Å². The predicted molar refractivity (Wildman–Crippen MR) is 159 cm³/mol. The first-order chi connectivity index (χ1) is 19.5. The summed E-state index contributed by atoms with van der Waals surface area (Å²) in [4.78, 5) is 43.9. The van der Waals surface area contributed by atoms with Crippen molar-refractivity contribution >= 4 is 34.2 Å². The molecule has 6 heteroatoms. The molecule has 6 nitrogen and oxygen atoms in total. The third-order valence-electron chi connectivity index (χ3n) is 7.48. The highest BCUT2D eigenvalue weighted by Gasteiger charge is 2.32. The van der Waals surface area contributed by atoms with Crippen molar-refractivity contribution in [1.82, 2.24) is 10.2 Å². The molecule has 0 spiro atoms. The Hall–Kier alpha value is -4.45. The minimum atomic E-state index is -0.651. The van der Waals surface area contributed by atoms with Gasteiger partial charge in [-0.15, -0.1) is 0 Å². The summed E-state index contributed by atoms with van der Waals surface area (Å²) in [6, 6.07) is 28.9. The number of nitrogens with one attached hydrogen (secondary N) is 1. The van der Waals surface area contributed by atoms with Crippen LogP contribution in [0.1, 0.15) is 46.8 Å². The molecule has 5 rings (SSSR count). The number of likely N-dealkylation sites (N-methyl/N-ethyl adjacent to an activating group) is 1. The Kier molecular flexibility index (Phi) is 8.25. The third kappa shape index (κ3) is 5.76. The largest absolute Gasteiger partial charge is 0.355 e. The van der Waals surface area contributed by atoms with Crippen LogP contribution in [0.3, 0.4) is 0 Å². The summed E-state index contributed by atoms with van der Waals surface area (Å²) in [7, 11) is 0. The fourth-order valence-corrected chi connectivity index (χ4v) is 5.59. The van der Waals surface area contributed by atoms with Crippen molar-refractivity contribution in [2.45, 2.75) is 45.7 Å². The number of carbonyl (C=O) groups is 3. The van der Waals surface area contributed by atoms with Crippen LogP contribution in [-0.4, -0.2) is 41.8 Å². The van der Waals surface area contributed by atoms with E-state index in [1.165, 1.54) is 0 Å². The van der Waals surface area contributed by atoms with Crippen LogP contribution in [0.5, 0.6) is 0 Å². The normalized spacial score (nSPS) is 12.9. The molecule has 3 amide bonds. The topological polar surface area (TPSA) is 69.7 Å². The molecule has 1 aliphatic heterocycles. The van der Waals surface area contributed by atoms with Gasteiger partial charge in [-0.05, 0) is 48.9 Å². The molecule has 0 bridgehead atoms. The average molecular weight is 534 g/mol. The van der Waals surface area contributed by atoms with Gasteiger partial charge in [0.15, 0.2) is 0 Å². The van der Waals surface area contributed by atoms with Gasteiger partial charge in [-0.25, -0.2) is 0 Å². The zero-order valence-corrected chi connectivity index (χ0v) is 23.1. The van der Waals surface area contributed by atoms with Crippen LogP contribution in [0.15, 0.2) is 91.0 Å². The lowest BCUT2D eigenvalue weighted by atomic mass is 10.0. The summed E-state index contributed by atoms with van der Waals surface area (Å²) in [6.07, 6.45) is 1.14. The highest BCUT2D eigenvalue weighted by molar-refractivity contribution is 6.25. The van der Waals surface area contributed by atoms with Crippen LogP contribution in [0.2, 0.25) is 0 Å². The molecule has 1 unspecified atom stereocenters. The monoisotopic (exact) mass is 533 g/mol. The van der Waals surface area contributed by atoms with Crippen molar-refractivity contribution < 1.29 is 14.4 Å². The average Bonchev–Trinajstić information content (AvgIpc) is 3.23. The number of aryl methyl sites for hydroxylation is 1. The van der Waals surface area contributed by atoms with Crippen LogP contribution in [0.4, 0.5) is 5.69 Å². The molecule has 1 heterocycles. The maximum atomic E-state index is 13.9. The number of benzene rings is 4. The predicted octanol–water partition coefficient (Wildman–Crippen LogP) is 5.66. The van der Waals surface area contributed by atoms with E-state index in [1.807, 2.05) is 98.8 Å². The van der Waals surface area contributed by atoms with E-state index in [0.717, 1.165) is 33.2 Å². The van der Waals surface area contributed by atoms with Crippen molar-refractivity contribution in [3.05, 3.63) is 113 Å². The van der Waals surface area contributed by atoms with Crippen molar-refractivity contribution in [2.75, 3.05) is 18.0 Å². The molecule has 0 aromatic heterocycles. The third-order valence-corrected chi connectivity index (χ3v) is 7.48. The van der Waals surface area contributed by atoms with Crippen molar-refractivity contribution in [3.8, 4) is 0 Å². The Morgan fingerprint density at radius 1 is 0.900 bits per heavy atom. The lowest BCUT2D eigenvalue weighted by Crippen LogP contribution is -2.50. The molecular formula is C34H35N3O3. The molecule has 0 aliphatic carbocycles. The molecule has 0 saturated carbocycles. The summed E-state index contributed by atoms with van der Waals surface area (Å²) in [5.41, 5.74) is 4.68. The SMILES string of the molecule is CCNC(=O)C(Cc1ccccc1)N(Cc1cccc(C)c1)C(=O)CCCN1C(=O)c2cccc3cccc1c23. The Balaban J connectivity index is 1.36. The van der Waals surface area contributed by atoms with Crippen LogP contribution in [0.25, 0.3) is 10.8 Å². The Labute approximate surface area is 235 Å². The molecule has 4 aromatic carbocycles. The van der Waals surface area contributed by atoms with E-state index < -0.39 is 6.04 Å². The fraction of sp³-hybridized carbons (Fsp3) is 0.265. The maximum absolute atomic E-state index is 13.9. The number of anilines is 1. The second kappa shape index (κ2) is 12.2. The zero-order valence-electron chi connectivity index (χ0n) is 23.1. The van der Waals surface area contributed by atoms with E-state index in [0.29, 0.717) is 38.0 Å². The van der Waals surface area contributed by atoms with E-state index in [4.69, 9.17) is 0 Å². The number of carbonyl (C=O) groups excluding carboxylic acids is 3. The lowest BCUT2D eigenvalue weighted by Gasteiger charge is -2.32. The first kappa shape index (κ1) is 27.1. The smallest absolute Gasteiger partial charge is 0.258 e. The summed E-state index contributed by atoms with van der Waals surface area (Å²) < 4.78 is 0. The van der Waals surface area contributed by atoms with Crippen LogP contribution in [-0.2, 0) is 22.6 Å². The highest BCUT2D eigenvalue weighted by Crippen LogP contribution is 2.37. The van der Waals surface area contributed by atoms with Gasteiger partial charge in [0.2, 0.25) is 11.8 Å². The molecule has 0 radical (unpaired) electrons. The molecule has 0 fully saturated rings. The summed E-state index contributed by atoms with van der Waals surface area (Å²) in [6.45, 7) is 5.16. The Bertz CT molecular complexity index is 1530. The zero-order chi connectivity index (χ0) is 28.1. The van der Waals surface area contributed by atoms with Crippen molar-refractivity contribution in [3.63, 3.8) is 0 Å².